The van der Waals surface area contributed by atoms with Gasteiger partial charge in [0.15, 0.2) is 0 Å². The first-order valence-electron chi connectivity index (χ1n) is 6.91. The maximum atomic E-state index is 12.3. The van der Waals surface area contributed by atoms with Gasteiger partial charge in [-0.15, -0.1) is 0 Å². The van der Waals surface area contributed by atoms with Gasteiger partial charge in [0.1, 0.15) is 6.04 Å². The lowest BCUT2D eigenvalue weighted by Gasteiger charge is -2.28. The van der Waals surface area contributed by atoms with Crippen molar-refractivity contribution < 1.29 is 9.59 Å². The molecule has 1 aromatic carbocycles. The number of nitrogens with zero attached hydrogens (tertiary/aromatic N) is 2. The second kappa shape index (κ2) is 4.68. The van der Waals surface area contributed by atoms with Crippen LogP contribution < -0.4 is 0 Å². The third-order valence-electron chi connectivity index (χ3n) is 4.01. The maximum Gasteiger partial charge on any atom is 0.327 e. The molecule has 0 bridgehead atoms. The predicted octanol–water partition coefficient (Wildman–Crippen LogP) is 2.18. The van der Waals surface area contributed by atoms with E-state index >= 15 is 0 Å². The van der Waals surface area contributed by atoms with Crippen LogP contribution in [-0.4, -0.2) is 34.3 Å². The summed E-state index contributed by atoms with van der Waals surface area (Å²) in [5.41, 5.74) is 2.36. The summed E-state index contributed by atoms with van der Waals surface area (Å²) < 4.78 is 0. The number of imide groups is 1. The van der Waals surface area contributed by atoms with Gasteiger partial charge >= 0.3 is 6.03 Å². The molecule has 2 heterocycles. The largest absolute Gasteiger partial charge is 0.327 e. The van der Waals surface area contributed by atoms with Crippen LogP contribution >= 0.6 is 0 Å². The van der Waals surface area contributed by atoms with E-state index in [0.717, 1.165) is 18.4 Å². The van der Waals surface area contributed by atoms with Gasteiger partial charge in [-0.05, 0) is 17.5 Å². The number of rotatable bonds is 3. The van der Waals surface area contributed by atoms with E-state index in [1.165, 1.54) is 10.5 Å². The second-order valence-corrected chi connectivity index (χ2v) is 5.24. The summed E-state index contributed by atoms with van der Waals surface area (Å²) in [7, 11) is 0. The van der Waals surface area contributed by atoms with Crippen LogP contribution in [-0.2, 0) is 17.8 Å². The normalized spacial score (nSPS) is 21.6. The summed E-state index contributed by atoms with van der Waals surface area (Å²) in [5.74, 6) is -0.0204. The molecule has 4 heteroatoms. The van der Waals surface area contributed by atoms with E-state index in [0.29, 0.717) is 19.5 Å². The van der Waals surface area contributed by atoms with Crippen molar-refractivity contribution in [2.45, 2.75) is 38.8 Å². The number of amides is 3. The zero-order chi connectivity index (χ0) is 13.4. The van der Waals surface area contributed by atoms with Crippen molar-refractivity contribution in [2.75, 3.05) is 6.54 Å². The highest BCUT2D eigenvalue weighted by molar-refractivity contribution is 6.04. The summed E-state index contributed by atoms with van der Waals surface area (Å²) in [6, 6.07) is 7.68. The molecule has 1 atom stereocenters. The minimum Gasteiger partial charge on any atom is -0.308 e. The SMILES string of the molecule is CCCCN1C(=O)C2Cc3ccccc3CN2C1=O. The zero-order valence-corrected chi connectivity index (χ0v) is 11.1. The Hall–Kier alpha value is -1.84. The number of carbonyl (C=O) groups excluding carboxylic acids is 2. The first-order valence-corrected chi connectivity index (χ1v) is 6.91. The van der Waals surface area contributed by atoms with E-state index in [-0.39, 0.29) is 18.0 Å². The van der Waals surface area contributed by atoms with Crippen LogP contribution in [0, 0.1) is 0 Å². The number of urea groups is 1. The summed E-state index contributed by atoms with van der Waals surface area (Å²) in [5, 5.41) is 0. The van der Waals surface area contributed by atoms with Crippen LogP contribution in [0.15, 0.2) is 24.3 Å². The number of benzene rings is 1. The lowest BCUT2D eigenvalue weighted by atomic mass is 9.95. The quantitative estimate of drug-likeness (QED) is 0.780. The van der Waals surface area contributed by atoms with Gasteiger partial charge in [0.2, 0.25) is 0 Å². The second-order valence-electron chi connectivity index (χ2n) is 5.24. The molecule has 2 aliphatic rings. The smallest absolute Gasteiger partial charge is 0.308 e. The average Bonchev–Trinajstić information content (AvgIpc) is 2.67. The monoisotopic (exact) mass is 258 g/mol. The summed E-state index contributed by atoms with van der Waals surface area (Å²) >= 11 is 0. The standard InChI is InChI=1S/C15H18N2O2/c1-2-3-8-16-14(18)13-9-11-6-4-5-7-12(11)10-17(13)15(16)19/h4-7,13H,2-3,8-10H2,1H3. The van der Waals surface area contributed by atoms with E-state index < -0.39 is 0 Å². The lowest BCUT2D eigenvalue weighted by Crippen LogP contribution is -2.39. The van der Waals surface area contributed by atoms with Crippen molar-refractivity contribution in [3.8, 4) is 0 Å². The van der Waals surface area contributed by atoms with Gasteiger partial charge in [-0.25, -0.2) is 4.79 Å². The van der Waals surface area contributed by atoms with Gasteiger partial charge < -0.3 is 4.90 Å². The molecule has 3 rings (SSSR count). The van der Waals surface area contributed by atoms with Gasteiger partial charge in [0.05, 0.1) is 0 Å². The third-order valence-corrected chi connectivity index (χ3v) is 4.01. The fraction of sp³-hybridized carbons (Fsp3) is 0.467. The van der Waals surface area contributed by atoms with Crippen LogP contribution in [0.4, 0.5) is 4.79 Å². The first-order chi connectivity index (χ1) is 9.22. The Labute approximate surface area is 113 Å². The van der Waals surface area contributed by atoms with E-state index in [9.17, 15) is 9.59 Å². The van der Waals surface area contributed by atoms with Gasteiger partial charge in [0, 0.05) is 19.5 Å². The molecule has 0 N–H and O–H groups in total. The Morgan fingerprint density at radius 3 is 2.68 bits per heavy atom. The zero-order valence-electron chi connectivity index (χ0n) is 11.1. The summed E-state index contributed by atoms with van der Waals surface area (Å²) in [6.45, 7) is 3.18. The fourth-order valence-corrected chi connectivity index (χ4v) is 2.90. The molecule has 19 heavy (non-hydrogen) atoms. The summed E-state index contributed by atoms with van der Waals surface area (Å²) in [6.07, 6.45) is 2.52. The highest BCUT2D eigenvalue weighted by atomic mass is 16.2. The third kappa shape index (κ3) is 1.91. The molecule has 3 amide bonds. The average molecular weight is 258 g/mol. The molecule has 0 aromatic heterocycles. The van der Waals surface area contributed by atoms with Crippen LogP contribution in [0.5, 0.6) is 0 Å². The molecule has 1 fully saturated rings. The van der Waals surface area contributed by atoms with Crippen LogP contribution in [0.1, 0.15) is 30.9 Å². The molecule has 1 saturated heterocycles. The number of hydrogen-bond acceptors (Lipinski definition) is 2. The molecule has 100 valence electrons. The van der Waals surface area contributed by atoms with Crippen LogP contribution in [0.25, 0.3) is 0 Å². The molecular formula is C15H18N2O2. The number of fused-ring (bicyclic) bond motifs is 2. The molecule has 2 aliphatic heterocycles. The Morgan fingerprint density at radius 2 is 1.95 bits per heavy atom. The molecule has 1 aromatic rings. The predicted molar refractivity (Wildman–Crippen MR) is 71.5 cm³/mol. The van der Waals surface area contributed by atoms with Crippen molar-refractivity contribution in [1.29, 1.82) is 0 Å². The van der Waals surface area contributed by atoms with Gasteiger partial charge in [-0.2, -0.15) is 0 Å². The first kappa shape index (κ1) is 12.2. The Balaban J connectivity index is 1.86. The minimum absolute atomic E-state index is 0.0204. The molecule has 4 nitrogen and oxygen atoms in total. The number of carbonyl (C=O) groups is 2. The Kier molecular flexibility index (Phi) is 3.01. The molecule has 0 saturated carbocycles. The highest BCUT2D eigenvalue weighted by Crippen LogP contribution is 2.29. The van der Waals surface area contributed by atoms with Crippen molar-refractivity contribution >= 4 is 11.9 Å². The van der Waals surface area contributed by atoms with Crippen molar-refractivity contribution in [3.05, 3.63) is 35.4 Å². The van der Waals surface area contributed by atoms with E-state index in [2.05, 4.69) is 13.0 Å². The number of unbranched alkanes of at least 4 members (excludes halogenated alkanes) is 1. The van der Waals surface area contributed by atoms with Crippen molar-refractivity contribution in [3.63, 3.8) is 0 Å². The van der Waals surface area contributed by atoms with Gasteiger partial charge in [-0.3, -0.25) is 9.69 Å². The van der Waals surface area contributed by atoms with Gasteiger partial charge in [-0.1, -0.05) is 37.6 Å². The van der Waals surface area contributed by atoms with E-state index in [1.54, 1.807) is 4.90 Å². The Morgan fingerprint density at radius 1 is 1.21 bits per heavy atom. The van der Waals surface area contributed by atoms with Gasteiger partial charge in [0.25, 0.3) is 5.91 Å². The molecule has 0 aliphatic carbocycles. The molecular weight excluding hydrogens is 240 g/mol. The van der Waals surface area contributed by atoms with Crippen molar-refractivity contribution in [1.82, 2.24) is 9.80 Å². The summed E-state index contributed by atoms with van der Waals surface area (Å²) in [4.78, 5) is 27.8. The highest BCUT2D eigenvalue weighted by Gasteiger charge is 2.46. The lowest BCUT2D eigenvalue weighted by molar-refractivity contribution is -0.128. The minimum atomic E-state index is -0.278. The maximum absolute atomic E-state index is 12.3. The van der Waals surface area contributed by atoms with Crippen molar-refractivity contribution in [2.24, 2.45) is 0 Å². The topological polar surface area (TPSA) is 40.6 Å². The number of hydrogen-bond donors (Lipinski definition) is 0. The fourth-order valence-electron chi connectivity index (χ4n) is 2.90. The molecule has 1 unspecified atom stereocenters. The molecule has 0 radical (unpaired) electrons. The Bertz CT molecular complexity index is 484. The van der Waals surface area contributed by atoms with E-state index in [4.69, 9.17) is 0 Å². The molecule has 0 spiro atoms. The van der Waals surface area contributed by atoms with Crippen LogP contribution in [0.2, 0.25) is 0 Å². The van der Waals surface area contributed by atoms with Crippen LogP contribution in [0.3, 0.4) is 0 Å². The van der Waals surface area contributed by atoms with E-state index in [1.807, 2.05) is 18.2 Å².